The Morgan fingerprint density at radius 1 is 1.18 bits per heavy atom. The van der Waals surface area contributed by atoms with Gasteiger partial charge in [0.25, 0.3) is 5.56 Å². The minimum absolute atomic E-state index is 0.0588. The highest BCUT2D eigenvalue weighted by Gasteiger charge is 2.08. The summed E-state index contributed by atoms with van der Waals surface area (Å²) < 4.78 is 26.9. The molecule has 2 rings (SSSR count). The molecule has 1 aromatic heterocycles. The molecule has 17 heavy (non-hydrogen) atoms. The zero-order valence-corrected chi connectivity index (χ0v) is 9.05. The molecule has 0 aliphatic heterocycles. The Balaban J connectivity index is 2.38. The molecule has 0 spiro atoms. The molecule has 0 aliphatic rings. The fourth-order valence-electron chi connectivity index (χ4n) is 1.42. The minimum Gasteiger partial charge on any atom is -0.351 e. The number of aryl methyl sites for hydroxylation is 1. The topological polar surface area (TPSA) is 44.9 Å². The molecular weight excluding hydrogens is 226 g/mol. The normalized spacial score (nSPS) is 10.3. The van der Waals surface area contributed by atoms with Gasteiger partial charge in [0.05, 0.1) is 11.4 Å². The van der Waals surface area contributed by atoms with E-state index in [1.165, 1.54) is 24.4 Å². The van der Waals surface area contributed by atoms with Crippen LogP contribution in [0, 0.1) is 18.6 Å². The highest BCUT2D eigenvalue weighted by Crippen LogP contribution is 2.21. The number of H-pyrrole nitrogens is 1. The lowest BCUT2D eigenvalue weighted by atomic mass is 10.2. The molecular formula is C12H10F2N2O. The smallest absolute Gasteiger partial charge is 0.286 e. The van der Waals surface area contributed by atoms with E-state index in [-0.39, 0.29) is 11.4 Å². The predicted octanol–water partition coefficient (Wildman–Crippen LogP) is 2.71. The first kappa shape index (κ1) is 11.3. The number of aromatic amines is 1. The van der Waals surface area contributed by atoms with E-state index in [9.17, 15) is 13.6 Å². The van der Waals surface area contributed by atoms with E-state index < -0.39 is 17.2 Å². The summed E-state index contributed by atoms with van der Waals surface area (Å²) in [7, 11) is 0. The molecule has 2 aromatic rings. The predicted molar refractivity (Wildman–Crippen MR) is 61.4 cm³/mol. The number of hydrogen-bond acceptors (Lipinski definition) is 2. The molecule has 0 amide bonds. The maximum Gasteiger partial charge on any atom is 0.286 e. The zero-order chi connectivity index (χ0) is 12.4. The van der Waals surface area contributed by atoms with E-state index in [0.29, 0.717) is 0 Å². The number of benzene rings is 1. The third kappa shape index (κ3) is 2.33. The van der Waals surface area contributed by atoms with Crippen molar-refractivity contribution in [3.05, 3.63) is 58.0 Å². The average molecular weight is 236 g/mol. The first-order chi connectivity index (χ1) is 8.08. The van der Waals surface area contributed by atoms with Gasteiger partial charge in [0, 0.05) is 6.20 Å². The molecule has 0 unspecified atom stereocenters. The van der Waals surface area contributed by atoms with Gasteiger partial charge >= 0.3 is 0 Å². The Hall–Kier alpha value is -2.17. The van der Waals surface area contributed by atoms with Gasteiger partial charge in [-0.05, 0) is 30.7 Å². The minimum atomic E-state index is -0.965. The highest BCUT2D eigenvalue weighted by molar-refractivity contribution is 5.60. The summed E-state index contributed by atoms with van der Waals surface area (Å²) in [6, 6.07) is 5.84. The van der Waals surface area contributed by atoms with E-state index in [1.807, 2.05) is 0 Å². The average Bonchev–Trinajstić information content (AvgIpc) is 2.28. The van der Waals surface area contributed by atoms with Crippen LogP contribution >= 0.6 is 0 Å². The van der Waals surface area contributed by atoms with E-state index in [1.54, 1.807) is 13.0 Å². The van der Waals surface area contributed by atoms with Crippen molar-refractivity contribution in [3.63, 3.8) is 0 Å². The number of hydrogen-bond donors (Lipinski definition) is 2. The summed E-state index contributed by atoms with van der Waals surface area (Å²) in [5, 5.41) is 2.54. The number of nitrogens with one attached hydrogen (secondary N) is 2. The van der Waals surface area contributed by atoms with Crippen LogP contribution in [0.2, 0.25) is 0 Å². The number of aromatic nitrogens is 1. The fraction of sp³-hybridized carbons (Fsp3) is 0.0833. The summed E-state index contributed by atoms with van der Waals surface area (Å²) in [4.78, 5) is 13.2. The van der Waals surface area contributed by atoms with E-state index in [2.05, 4.69) is 10.3 Å². The van der Waals surface area contributed by atoms with Crippen LogP contribution in [-0.2, 0) is 0 Å². The molecule has 0 radical (unpaired) electrons. The summed E-state index contributed by atoms with van der Waals surface area (Å²) in [6.45, 7) is 1.75. The van der Waals surface area contributed by atoms with E-state index in [0.717, 1.165) is 5.56 Å². The molecule has 88 valence electrons. The Morgan fingerprint density at radius 2 is 1.94 bits per heavy atom. The lowest BCUT2D eigenvalue weighted by Gasteiger charge is -2.08. The second-order valence-electron chi connectivity index (χ2n) is 3.64. The van der Waals surface area contributed by atoms with E-state index in [4.69, 9.17) is 0 Å². The van der Waals surface area contributed by atoms with Crippen molar-refractivity contribution in [2.75, 3.05) is 5.32 Å². The van der Waals surface area contributed by atoms with Crippen molar-refractivity contribution < 1.29 is 8.78 Å². The van der Waals surface area contributed by atoms with Crippen molar-refractivity contribution in [1.29, 1.82) is 0 Å². The van der Waals surface area contributed by atoms with Gasteiger partial charge in [0.15, 0.2) is 0 Å². The first-order valence-corrected chi connectivity index (χ1v) is 4.98. The van der Waals surface area contributed by atoms with Crippen LogP contribution < -0.4 is 10.9 Å². The maximum absolute atomic E-state index is 13.5. The molecule has 1 aromatic carbocycles. The Labute approximate surface area is 96.1 Å². The molecule has 0 saturated carbocycles. The lowest BCUT2D eigenvalue weighted by Crippen LogP contribution is -2.12. The van der Waals surface area contributed by atoms with Crippen LogP contribution in [0.5, 0.6) is 0 Å². The summed E-state index contributed by atoms with van der Waals surface area (Å²) in [5.74, 6) is -1.46. The van der Waals surface area contributed by atoms with Crippen LogP contribution in [-0.4, -0.2) is 4.98 Å². The zero-order valence-electron chi connectivity index (χ0n) is 9.05. The van der Waals surface area contributed by atoms with Gasteiger partial charge in [-0.3, -0.25) is 4.79 Å². The van der Waals surface area contributed by atoms with Crippen molar-refractivity contribution >= 4 is 11.4 Å². The molecule has 0 aliphatic carbocycles. The third-order valence-electron chi connectivity index (χ3n) is 2.29. The summed E-state index contributed by atoms with van der Waals surface area (Å²) >= 11 is 0. The second-order valence-corrected chi connectivity index (χ2v) is 3.64. The Kier molecular flexibility index (Phi) is 2.91. The Bertz CT molecular complexity index is 608. The standard InChI is InChI=1S/C12H10F2N2O/c1-7-2-3-9(8(13)6-7)16-10-4-5-15-12(17)11(10)14/h2-6H,1H3,(H2,15,16,17). The molecule has 0 saturated heterocycles. The molecule has 0 bridgehead atoms. The molecule has 0 atom stereocenters. The van der Waals surface area contributed by atoms with Gasteiger partial charge in [-0.1, -0.05) is 6.07 Å². The first-order valence-electron chi connectivity index (χ1n) is 4.98. The van der Waals surface area contributed by atoms with Crippen molar-refractivity contribution in [2.24, 2.45) is 0 Å². The summed E-state index contributed by atoms with van der Waals surface area (Å²) in [5.41, 5.74) is -0.0152. The van der Waals surface area contributed by atoms with Gasteiger partial charge in [0.2, 0.25) is 5.82 Å². The van der Waals surface area contributed by atoms with Gasteiger partial charge in [-0.25, -0.2) is 4.39 Å². The highest BCUT2D eigenvalue weighted by atomic mass is 19.1. The second kappa shape index (κ2) is 4.37. The molecule has 2 N–H and O–H groups in total. The third-order valence-corrected chi connectivity index (χ3v) is 2.29. The van der Waals surface area contributed by atoms with Crippen LogP contribution in [0.25, 0.3) is 0 Å². The molecule has 1 heterocycles. The van der Waals surface area contributed by atoms with Crippen molar-refractivity contribution in [3.8, 4) is 0 Å². The lowest BCUT2D eigenvalue weighted by molar-refractivity contribution is 0.611. The Morgan fingerprint density at radius 3 is 2.65 bits per heavy atom. The quantitative estimate of drug-likeness (QED) is 0.842. The van der Waals surface area contributed by atoms with Crippen LogP contribution in [0.1, 0.15) is 5.56 Å². The maximum atomic E-state index is 13.5. The SMILES string of the molecule is Cc1ccc(Nc2cc[nH]c(=O)c2F)c(F)c1. The van der Waals surface area contributed by atoms with Crippen LogP contribution in [0.3, 0.4) is 0 Å². The number of halogens is 2. The monoisotopic (exact) mass is 236 g/mol. The number of anilines is 2. The van der Waals surface area contributed by atoms with Crippen molar-refractivity contribution in [1.82, 2.24) is 4.98 Å². The van der Waals surface area contributed by atoms with Gasteiger partial charge < -0.3 is 10.3 Å². The van der Waals surface area contributed by atoms with Crippen LogP contribution in [0.4, 0.5) is 20.2 Å². The largest absolute Gasteiger partial charge is 0.351 e. The van der Waals surface area contributed by atoms with Gasteiger partial charge in [-0.2, -0.15) is 4.39 Å². The summed E-state index contributed by atoms with van der Waals surface area (Å²) in [6.07, 6.45) is 1.29. The number of rotatable bonds is 2. The van der Waals surface area contributed by atoms with Crippen molar-refractivity contribution in [2.45, 2.75) is 6.92 Å². The van der Waals surface area contributed by atoms with Gasteiger partial charge in [-0.15, -0.1) is 0 Å². The van der Waals surface area contributed by atoms with Crippen LogP contribution in [0.15, 0.2) is 35.3 Å². The molecule has 5 heteroatoms. The van der Waals surface area contributed by atoms with E-state index >= 15 is 0 Å². The molecule has 0 fully saturated rings. The van der Waals surface area contributed by atoms with Gasteiger partial charge in [0.1, 0.15) is 5.82 Å². The number of pyridine rings is 1. The fourth-order valence-corrected chi connectivity index (χ4v) is 1.42. The molecule has 3 nitrogen and oxygen atoms in total.